The molecular formula is C17H20N4O2. The number of hydrogen-bond donors (Lipinski definition) is 1. The predicted molar refractivity (Wildman–Crippen MR) is 88.0 cm³/mol. The summed E-state index contributed by atoms with van der Waals surface area (Å²) in [6, 6.07) is 13.0. The van der Waals surface area contributed by atoms with Gasteiger partial charge < -0.3 is 10.2 Å². The minimum atomic E-state index is -0.263. The molecule has 2 heterocycles. The highest BCUT2D eigenvalue weighted by Gasteiger charge is 2.21. The molecule has 3 rings (SSSR count). The molecule has 23 heavy (non-hydrogen) atoms. The average molecular weight is 312 g/mol. The third-order valence-corrected chi connectivity index (χ3v) is 3.94. The summed E-state index contributed by atoms with van der Waals surface area (Å²) in [6.45, 7) is 4.12. The summed E-state index contributed by atoms with van der Waals surface area (Å²) in [6.07, 6.45) is 0. The number of hydrogen-bond acceptors (Lipinski definition) is 4. The van der Waals surface area contributed by atoms with Crippen LogP contribution in [0.2, 0.25) is 0 Å². The molecule has 1 amide bonds. The van der Waals surface area contributed by atoms with Gasteiger partial charge in [0.2, 0.25) is 5.91 Å². The Bertz CT molecular complexity index is 742. The molecule has 0 radical (unpaired) electrons. The summed E-state index contributed by atoms with van der Waals surface area (Å²) in [5, 5.41) is 7.63. The summed E-state index contributed by atoms with van der Waals surface area (Å²) in [5.74, 6) is -0.0711. The van der Waals surface area contributed by atoms with Crippen molar-refractivity contribution < 1.29 is 4.79 Å². The van der Waals surface area contributed by atoms with E-state index in [1.165, 1.54) is 10.7 Å². The molecule has 1 atom stereocenters. The molecule has 2 aromatic rings. The number of aromatic nitrogens is 2. The standard InChI is InChI=1S/C17H20N4O2/c1-13-11-20(10-9-18-13)17(23)12-21-16(22)8-7-15(19-21)14-5-3-2-4-6-14/h2-8,13,18H,9-12H2,1H3. The second-order valence-electron chi connectivity index (χ2n) is 5.78. The van der Waals surface area contributed by atoms with Gasteiger partial charge >= 0.3 is 0 Å². The number of rotatable bonds is 3. The maximum atomic E-state index is 12.4. The monoisotopic (exact) mass is 312 g/mol. The molecule has 1 unspecified atom stereocenters. The van der Waals surface area contributed by atoms with Crippen LogP contribution < -0.4 is 10.9 Å². The maximum Gasteiger partial charge on any atom is 0.267 e. The fourth-order valence-corrected chi connectivity index (χ4v) is 2.71. The van der Waals surface area contributed by atoms with Gasteiger partial charge in [-0.2, -0.15) is 5.10 Å². The van der Waals surface area contributed by atoms with Gasteiger partial charge in [0, 0.05) is 37.3 Å². The summed E-state index contributed by atoms with van der Waals surface area (Å²) in [4.78, 5) is 26.2. The first kappa shape index (κ1) is 15.4. The molecule has 120 valence electrons. The van der Waals surface area contributed by atoms with Crippen molar-refractivity contribution in [2.45, 2.75) is 19.5 Å². The molecule has 6 nitrogen and oxygen atoms in total. The summed E-state index contributed by atoms with van der Waals surface area (Å²) in [5.41, 5.74) is 1.34. The van der Waals surface area contributed by atoms with Crippen LogP contribution in [0.1, 0.15) is 6.92 Å². The van der Waals surface area contributed by atoms with E-state index in [4.69, 9.17) is 0 Å². The normalized spacial score (nSPS) is 18.0. The quantitative estimate of drug-likeness (QED) is 0.907. The Morgan fingerprint density at radius 1 is 1.26 bits per heavy atom. The van der Waals surface area contributed by atoms with E-state index >= 15 is 0 Å². The Hall–Kier alpha value is -2.47. The Labute approximate surface area is 134 Å². The van der Waals surface area contributed by atoms with Crippen molar-refractivity contribution in [1.29, 1.82) is 0 Å². The van der Waals surface area contributed by atoms with Crippen LogP contribution in [0.5, 0.6) is 0 Å². The van der Waals surface area contributed by atoms with Crippen LogP contribution in [-0.4, -0.2) is 46.3 Å². The fourth-order valence-electron chi connectivity index (χ4n) is 2.71. The van der Waals surface area contributed by atoms with Crippen LogP contribution in [-0.2, 0) is 11.3 Å². The maximum absolute atomic E-state index is 12.4. The van der Waals surface area contributed by atoms with Gasteiger partial charge in [-0.15, -0.1) is 0 Å². The Morgan fingerprint density at radius 3 is 2.78 bits per heavy atom. The Balaban J connectivity index is 1.80. The summed E-state index contributed by atoms with van der Waals surface area (Å²) >= 11 is 0. The fraction of sp³-hybridized carbons (Fsp3) is 0.353. The summed E-state index contributed by atoms with van der Waals surface area (Å²) in [7, 11) is 0. The van der Waals surface area contributed by atoms with E-state index in [0.29, 0.717) is 18.8 Å². The van der Waals surface area contributed by atoms with Gasteiger partial charge in [-0.1, -0.05) is 30.3 Å². The first-order valence-corrected chi connectivity index (χ1v) is 7.78. The highest BCUT2D eigenvalue weighted by molar-refractivity contribution is 5.76. The van der Waals surface area contributed by atoms with Crippen molar-refractivity contribution in [3.8, 4) is 11.3 Å². The SMILES string of the molecule is CC1CN(C(=O)Cn2nc(-c3ccccc3)ccc2=O)CCN1. The largest absolute Gasteiger partial charge is 0.338 e. The number of carbonyl (C=O) groups excluding carboxylic acids is 1. The number of benzene rings is 1. The topological polar surface area (TPSA) is 67.2 Å². The minimum Gasteiger partial charge on any atom is -0.338 e. The van der Waals surface area contributed by atoms with E-state index in [1.54, 1.807) is 11.0 Å². The van der Waals surface area contributed by atoms with Crippen molar-refractivity contribution in [2.24, 2.45) is 0 Å². The number of nitrogens with one attached hydrogen (secondary N) is 1. The molecule has 0 saturated carbocycles. The molecule has 0 aliphatic carbocycles. The Kier molecular flexibility index (Phi) is 4.52. The van der Waals surface area contributed by atoms with Crippen LogP contribution >= 0.6 is 0 Å². The van der Waals surface area contributed by atoms with Crippen LogP contribution in [0.15, 0.2) is 47.3 Å². The van der Waals surface area contributed by atoms with E-state index < -0.39 is 0 Å². The van der Waals surface area contributed by atoms with E-state index in [9.17, 15) is 9.59 Å². The Morgan fingerprint density at radius 2 is 2.04 bits per heavy atom. The van der Waals surface area contributed by atoms with E-state index in [2.05, 4.69) is 10.4 Å². The lowest BCUT2D eigenvalue weighted by Gasteiger charge is -2.31. The lowest BCUT2D eigenvalue weighted by Crippen LogP contribution is -2.52. The number of amides is 1. The highest BCUT2D eigenvalue weighted by Crippen LogP contribution is 2.14. The lowest BCUT2D eigenvalue weighted by atomic mass is 10.1. The van der Waals surface area contributed by atoms with Gasteiger partial charge in [-0.25, -0.2) is 4.68 Å². The van der Waals surface area contributed by atoms with Gasteiger partial charge in [0.1, 0.15) is 6.54 Å². The molecule has 1 fully saturated rings. The second-order valence-corrected chi connectivity index (χ2v) is 5.78. The van der Waals surface area contributed by atoms with Crippen LogP contribution in [0.4, 0.5) is 0 Å². The molecular weight excluding hydrogens is 292 g/mol. The van der Waals surface area contributed by atoms with E-state index in [-0.39, 0.29) is 24.1 Å². The third kappa shape index (κ3) is 3.65. The van der Waals surface area contributed by atoms with Crippen molar-refractivity contribution >= 4 is 5.91 Å². The van der Waals surface area contributed by atoms with Gasteiger partial charge in [0.15, 0.2) is 0 Å². The minimum absolute atomic E-state index is 0.0216. The number of piperazine rings is 1. The zero-order chi connectivity index (χ0) is 16.2. The predicted octanol–water partition coefficient (Wildman–Crippen LogP) is 0.731. The van der Waals surface area contributed by atoms with Crippen molar-refractivity contribution in [3.05, 3.63) is 52.8 Å². The summed E-state index contributed by atoms with van der Waals surface area (Å²) < 4.78 is 1.25. The van der Waals surface area contributed by atoms with Gasteiger partial charge in [0.05, 0.1) is 5.69 Å². The molecule has 1 N–H and O–H groups in total. The molecule has 0 bridgehead atoms. The smallest absolute Gasteiger partial charge is 0.267 e. The van der Waals surface area contributed by atoms with Crippen molar-refractivity contribution in [3.63, 3.8) is 0 Å². The van der Waals surface area contributed by atoms with E-state index in [1.807, 2.05) is 37.3 Å². The first-order valence-electron chi connectivity index (χ1n) is 7.78. The second kappa shape index (κ2) is 6.75. The van der Waals surface area contributed by atoms with Crippen molar-refractivity contribution in [1.82, 2.24) is 20.0 Å². The highest BCUT2D eigenvalue weighted by atomic mass is 16.2. The molecule has 1 saturated heterocycles. The zero-order valence-corrected chi connectivity index (χ0v) is 13.1. The first-order chi connectivity index (χ1) is 11.1. The molecule has 1 aromatic heterocycles. The molecule has 1 aliphatic rings. The average Bonchev–Trinajstić information content (AvgIpc) is 2.57. The molecule has 1 aliphatic heterocycles. The van der Waals surface area contributed by atoms with Crippen molar-refractivity contribution in [2.75, 3.05) is 19.6 Å². The van der Waals surface area contributed by atoms with Crippen LogP contribution in [0.25, 0.3) is 11.3 Å². The van der Waals surface area contributed by atoms with E-state index in [0.717, 1.165) is 12.1 Å². The number of carbonyl (C=O) groups is 1. The number of nitrogens with zero attached hydrogens (tertiary/aromatic N) is 3. The third-order valence-electron chi connectivity index (χ3n) is 3.94. The lowest BCUT2D eigenvalue weighted by molar-refractivity contribution is -0.133. The molecule has 6 heteroatoms. The van der Waals surface area contributed by atoms with Gasteiger partial charge in [0.25, 0.3) is 5.56 Å². The molecule has 1 aromatic carbocycles. The zero-order valence-electron chi connectivity index (χ0n) is 13.1. The molecule has 0 spiro atoms. The van der Waals surface area contributed by atoms with Gasteiger partial charge in [-0.3, -0.25) is 9.59 Å². The van der Waals surface area contributed by atoms with Gasteiger partial charge in [-0.05, 0) is 13.0 Å². The van der Waals surface area contributed by atoms with Crippen LogP contribution in [0, 0.1) is 0 Å². The van der Waals surface area contributed by atoms with Crippen LogP contribution in [0.3, 0.4) is 0 Å².